The maximum atomic E-state index is 10.9. The Morgan fingerprint density at radius 2 is 2.22 bits per heavy atom. The summed E-state index contributed by atoms with van der Waals surface area (Å²) in [5, 5.41) is 9.67. The lowest BCUT2D eigenvalue weighted by molar-refractivity contribution is 0.0691. The quantitative estimate of drug-likeness (QED) is 0.640. The molecule has 90 valence electrons. The Morgan fingerprint density at radius 1 is 1.39 bits per heavy atom. The van der Waals surface area contributed by atoms with Gasteiger partial charge >= 0.3 is 5.97 Å². The summed E-state index contributed by atoms with van der Waals surface area (Å²) in [4.78, 5) is 25.2. The molecule has 0 saturated carbocycles. The van der Waals surface area contributed by atoms with Crippen LogP contribution >= 0.6 is 0 Å². The number of nitrogens with one attached hydrogen (secondary N) is 2. The average Bonchev–Trinajstić information content (AvgIpc) is 2.93. The Hall–Kier alpha value is -2.63. The first-order valence-corrected chi connectivity index (χ1v) is 5.38. The molecule has 3 heterocycles. The minimum Gasteiger partial charge on any atom is -0.477 e. The van der Waals surface area contributed by atoms with Crippen molar-refractivity contribution in [3.8, 4) is 11.4 Å². The number of carboxylic acid groups (broad SMARTS) is 1. The van der Waals surface area contributed by atoms with Crippen LogP contribution in [0.15, 0.2) is 24.5 Å². The zero-order valence-corrected chi connectivity index (χ0v) is 9.56. The molecule has 0 aliphatic carbocycles. The lowest BCUT2D eigenvalue weighted by Gasteiger charge is -1.97. The number of aromatic carboxylic acids is 1. The van der Waals surface area contributed by atoms with Crippen molar-refractivity contribution in [3.63, 3.8) is 0 Å². The molecule has 3 aromatic heterocycles. The van der Waals surface area contributed by atoms with Crippen LogP contribution in [0.1, 0.15) is 16.2 Å². The predicted octanol–water partition coefficient (Wildman–Crippen LogP) is 1.96. The van der Waals surface area contributed by atoms with E-state index in [1.165, 1.54) is 0 Å². The van der Waals surface area contributed by atoms with Crippen LogP contribution in [0, 0.1) is 6.92 Å². The second-order valence-electron chi connectivity index (χ2n) is 4.00. The van der Waals surface area contributed by atoms with Gasteiger partial charge in [-0.3, -0.25) is 0 Å². The highest BCUT2D eigenvalue weighted by Gasteiger charge is 2.11. The van der Waals surface area contributed by atoms with Gasteiger partial charge in [-0.05, 0) is 25.1 Å². The summed E-state index contributed by atoms with van der Waals surface area (Å²) >= 11 is 0. The van der Waals surface area contributed by atoms with Crippen molar-refractivity contribution < 1.29 is 9.90 Å². The Balaban J connectivity index is 2.17. The van der Waals surface area contributed by atoms with E-state index >= 15 is 0 Å². The molecule has 0 fully saturated rings. The molecule has 0 aliphatic heterocycles. The van der Waals surface area contributed by atoms with E-state index in [1.807, 2.05) is 19.1 Å². The number of imidazole rings is 1. The largest absolute Gasteiger partial charge is 0.477 e. The third kappa shape index (κ3) is 1.55. The van der Waals surface area contributed by atoms with Crippen molar-refractivity contribution in [2.24, 2.45) is 0 Å². The van der Waals surface area contributed by atoms with Gasteiger partial charge in [0.05, 0.1) is 12.0 Å². The van der Waals surface area contributed by atoms with E-state index in [0.29, 0.717) is 11.3 Å². The first kappa shape index (κ1) is 10.5. The summed E-state index contributed by atoms with van der Waals surface area (Å²) in [6, 6.07) is 5.21. The molecular weight excluding hydrogens is 232 g/mol. The second-order valence-corrected chi connectivity index (χ2v) is 4.00. The lowest BCUT2D eigenvalue weighted by atomic mass is 10.2. The molecule has 3 rings (SSSR count). The highest BCUT2D eigenvalue weighted by molar-refractivity contribution is 5.93. The topological polar surface area (TPSA) is 94.7 Å². The van der Waals surface area contributed by atoms with Crippen LogP contribution in [0.3, 0.4) is 0 Å². The van der Waals surface area contributed by atoms with Gasteiger partial charge in [0, 0.05) is 11.1 Å². The van der Waals surface area contributed by atoms with Gasteiger partial charge in [-0.25, -0.2) is 14.8 Å². The number of fused-ring (bicyclic) bond motifs is 1. The molecule has 3 aromatic rings. The summed E-state index contributed by atoms with van der Waals surface area (Å²) in [5.74, 6) is -0.995. The van der Waals surface area contributed by atoms with Crippen molar-refractivity contribution in [1.82, 2.24) is 19.9 Å². The Labute approximate surface area is 102 Å². The summed E-state index contributed by atoms with van der Waals surface area (Å²) in [7, 11) is 0. The van der Waals surface area contributed by atoms with Gasteiger partial charge in [-0.2, -0.15) is 0 Å². The standard InChI is InChI=1S/C12H10N4O2/c1-6-10(14-5-13-6)8-3-2-7-4-9(12(17)18)16-11(7)15-8/h2-5H,1H3,(H,13,14)(H,15,16)(H,17,18). The normalized spacial score (nSPS) is 10.9. The maximum absolute atomic E-state index is 10.9. The number of H-pyrrole nitrogens is 2. The smallest absolute Gasteiger partial charge is 0.352 e. The lowest BCUT2D eigenvalue weighted by Crippen LogP contribution is -1.95. The fourth-order valence-electron chi connectivity index (χ4n) is 1.87. The number of pyridine rings is 1. The van der Waals surface area contributed by atoms with Crippen LogP contribution in [-0.2, 0) is 0 Å². The Bertz CT molecular complexity index is 741. The number of hydrogen-bond donors (Lipinski definition) is 3. The van der Waals surface area contributed by atoms with Gasteiger partial charge in [0.2, 0.25) is 0 Å². The van der Waals surface area contributed by atoms with Gasteiger partial charge in [-0.1, -0.05) is 0 Å². The molecule has 0 bridgehead atoms. The molecule has 0 aromatic carbocycles. The summed E-state index contributed by atoms with van der Waals surface area (Å²) in [5.41, 5.74) is 3.08. The molecule has 3 N–H and O–H groups in total. The second kappa shape index (κ2) is 3.69. The van der Waals surface area contributed by atoms with E-state index in [1.54, 1.807) is 12.4 Å². The number of carboxylic acids is 1. The molecule has 0 aliphatic rings. The van der Waals surface area contributed by atoms with E-state index in [9.17, 15) is 4.79 Å². The Morgan fingerprint density at radius 3 is 2.89 bits per heavy atom. The molecular formula is C12H10N4O2. The molecule has 0 amide bonds. The summed E-state index contributed by atoms with van der Waals surface area (Å²) < 4.78 is 0. The number of carbonyl (C=O) groups is 1. The predicted molar refractivity (Wildman–Crippen MR) is 65.4 cm³/mol. The molecule has 0 atom stereocenters. The average molecular weight is 242 g/mol. The molecule has 6 heteroatoms. The van der Waals surface area contributed by atoms with Gasteiger partial charge in [0.15, 0.2) is 0 Å². The summed E-state index contributed by atoms with van der Waals surface area (Å²) in [6.45, 7) is 1.91. The fourth-order valence-corrected chi connectivity index (χ4v) is 1.87. The van der Waals surface area contributed by atoms with Crippen LogP contribution in [0.25, 0.3) is 22.4 Å². The van der Waals surface area contributed by atoms with Gasteiger partial charge in [-0.15, -0.1) is 0 Å². The zero-order valence-electron chi connectivity index (χ0n) is 9.56. The third-order valence-electron chi connectivity index (χ3n) is 2.78. The number of nitrogens with zero attached hydrogens (tertiary/aromatic N) is 2. The van der Waals surface area contributed by atoms with E-state index < -0.39 is 5.97 Å². The van der Waals surface area contributed by atoms with E-state index in [4.69, 9.17) is 5.11 Å². The SMILES string of the molecule is Cc1[nH]cnc1-c1ccc2cc(C(=O)O)[nH]c2n1. The van der Waals surface area contributed by atoms with E-state index in [-0.39, 0.29) is 5.69 Å². The van der Waals surface area contributed by atoms with Crippen molar-refractivity contribution in [2.45, 2.75) is 6.92 Å². The molecule has 0 unspecified atom stereocenters. The fraction of sp³-hybridized carbons (Fsp3) is 0.0833. The van der Waals surface area contributed by atoms with Crippen molar-refractivity contribution in [3.05, 3.63) is 35.9 Å². The number of hydrogen-bond acceptors (Lipinski definition) is 3. The first-order chi connectivity index (χ1) is 8.65. The molecule has 0 spiro atoms. The minimum atomic E-state index is -0.995. The molecule has 0 saturated heterocycles. The minimum absolute atomic E-state index is 0.133. The monoisotopic (exact) mass is 242 g/mol. The number of aromatic nitrogens is 4. The van der Waals surface area contributed by atoms with E-state index in [0.717, 1.165) is 16.8 Å². The van der Waals surface area contributed by atoms with Gasteiger partial charge < -0.3 is 15.1 Å². The number of aromatic amines is 2. The van der Waals surface area contributed by atoms with Crippen molar-refractivity contribution in [1.29, 1.82) is 0 Å². The number of aryl methyl sites for hydroxylation is 1. The van der Waals surface area contributed by atoms with Crippen molar-refractivity contribution >= 4 is 17.0 Å². The maximum Gasteiger partial charge on any atom is 0.352 e. The zero-order chi connectivity index (χ0) is 12.7. The van der Waals surface area contributed by atoms with Crippen LogP contribution in [-0.4, -0.2) is 31.0 Å². The number of rotatable bonds is 2. The van der Waals surface area contributed by atoms with Crippen LogP contribution in [0.5, 0.6) is 0 Å². The molecule has 0 radical (unpaired) electrons. The summed E-state index contributed by atoms with van der Waals surface area (Å²) in [6.07, 6.45) is 1.61. The molecule has 6 nitrogen and oxygen atoms in total. The third-order valence-corrected chi connectivity index (χ3v) is 2.78. The van der Waals surface area contributed by atoms with Gasteiger partial charge in [0.25, 0.3) is 0 Å². The van der Waals surface area contributed by atoms with E-state index in [2.05, 4.69) is 19.9 Å². The van der Waals surface area contributed by atoms with Gasteiger partial charge in [0.1, 0.15) is 17.0 Å². The van der Waals surface area contributed by atoms with Crippen LogP contribution in [0.4, 0.5) is 0 Å². The van der Waals surface area contributed by atoms with Crippen LogP contribution < -0.4 is 0 Å². The Kier molecular flexibility index (Phi) is 2.16. The highest BCUT2D eigenvalue weighted by Crippen LogP contribution is 2.21. The highest BCUT2D eigenvalue weighted by atomic mass is 16.4. The van der Waals surface area contributed by atoms with Crippen LogP contribution in [0.2, 0.25) is 0 Å². The van der Waals surface area contributed by atoms with Crippen molar-refractivity contribution in [2.75, 3.05) is 0 Å². The molecule has 18 heavy (non-hydrogen) atoms. The first-order valence-electron chi connectivity index (χ1n) is 5.38.